The van der Waals surface area contributed by atoms with Gasteiger partial charge in [0.15, 0.2) is 10.6 Å². The molecular formula is C29H30N2O4S. The molecule has 36 heavy (non-hydrogen) atoms. The van der Waals surface area contributed by atoms with Gasteiger partial charge in [-0.25, -0.2) is 8.42 Å². The van der Waals surface area contributed by atoms with E-state index >= 15 is 0 Å². The van der Waals surface area contributed by atoms with Crippen LogP contribution in [0, 0.1) is 0 Å². The van der Waals surface area contributed by atoms with Crippen LogP contribution in [-0.2, 0) is 16.3 Å². The lowest BCUT2D eigenvalue weighted by Crippen LogP contribution is -2.25. The number of aromatic hydroxyl groups is 1. The lowest BCUT2D eigenvalue weighted by molar-refractivity contribution is 0.454. The second-order valence-corrected chi connectivity index (χ2v) is 10.4. The Hall–Kier alpha value is -3.84. The maximum Gasteiger partial charge on any atom is 0.271 e. The van der Waals surface area contributed by atoms with Gasteiger partial charge in [0.05, 0.1) is 4.90 Å². The lowest BCUT2D eigenvalue weighted by Gasteiger charge is -2.27. The fraction of sp³-hybridized carbons (Fsp3) is 0.207. The normalized spacial score (nSPS) is 11.4. The highest BCUT2D eigenvalue weighted by Crippen LogP contribution is 2.40. The van der Waals surface area contributed by atoms with Crippen molar-refractivity contribution in [3.8, 4) is 16.9 Å². The molecule has 0 aliphatic carbocycles. The Morgan fingerprint density at radius 1 is 0.833 bits per heavy atom. The largest absolute Gasteiger partial charge is 0.504 e. The third kappa shape index (κ3) is 4.93. The summed E-state index contributed by atoms with van der Waals surface area (Å²) in [6.45, 7) is 4.41. The predicted octanol–water partition coefficient (Wildman–Crippen LogP) is 6.08. The van der Waals surface area contributed by atoms with Crippen LogP contribution in [0.25, 0.3) is 11.1 Å². The van der Waals surface area contributed by atoms with Crippen LogP contribution in [0.5, 0.6) is 5.75 Å². The third-order valence-corrected chi connectivity index (χ3v) is 7.98. The molecule has 0 unspecified atom stereocenters. The van der Waals surface area contributed by atoms with Gasteiger partial charge >= 0.3 is 0 Å². The van der Waals surface area contributed by atoms with Crippen LogP contribution in [0.15, 0.2) is 99.5 Å². The number of rotatable bonds is 9. The summed E-state index contributed by atoms with van der Waals surface area (Å²) in [5.74, 6) is -0.525. The first-order chi connectivity index (χ1) is 17.4. The van der Waals surface area contributed by atoms with Crippen molar-refractivity contribution in [3.63, 3.8) is 0 Å². The zero-order valence-corrected chi connectivity index (χ0v) is 21.3. The molecular weight excluding hydrogens is 472 g/mol. The molecule has 186 valence electrons. The Morgan fingerprint density at radius 2 is 1.42 bits per heavy atom. The summed E-state index contributed by atoms with van der Waals surface area (Å²) in [5, 5.41) is 11.4. The summed E-state index contributed by atoms with van der Waals surface area (Å²) in [6, 6.07) is 25.3. The molecule has 0 saturated heterocycles. The molecule has 7 heteroatoms. The average molecular weight is 503 g/mol. The molecule has 6 nitrogen and oxygen atoms in total. The first-order valence-electron chi connectivity index (χ1n) is 12.1. The second kappa shape index (κ2) is 10.8. The summed E-state index contributed by atoms with van der Waals surface area (Å²) >= 11 is 0. The molecule has 1 aromatic heterocycles. The molecule has 0 bridgehead atoms. The van der Waals surface area contributed by atoms with Gasteiger partial charge in [0, 0.05) is 17.9 Å². The summed E-state index contributed by atoms with van der Waals surface area (Å²) < 4.78 is 27.3. The standard InChI is InChI=1S/C29H30N2O4S/c1-3-5-16-25-26(31(4-2)23-14-10-7-11-15-23)27(32)28(29(33)30-25)36(34,35)24-19-17-22(18-20-24)21-12-8-6-9-13-21/h6-15,17-20H,3-5,16H2,1-2H3,(H2,30,32,33). The lowest BCUT2D eigenvalue weighted by atomic mass is 10.1. The molecule has 0 saturated carbocycles. The number of unbranched alkanes of at least 4 members (excludes halogenated alkanes) is 1. The number of anilines is 2. The van der Waals surface area contributed by atoms with E-state index in [1.807, 2.05) is 79.4 Å². The number of H-pyrrole nitrogens is 1. The predicted molar refractivity (Wildman–Crippen MR) is 144 cm³/mol. The molecule has 0 spiro atoms. The van der Waals surface area contributed by atoms with Crippen LogP contribution in [0.1, 0.15) is 32.4 Å². The number of hydrogen-bond acceptors (Lipinski definition) is 5. The molecule has 1 heterocycles. The van der Waals surface area contributed by atoms with Gasteiger partial charge in [-0.1, -0.05) is 74.0 Å². The highest BCUT2D eigenvalue weighted by atomic mass is 32.2. The van der Waals surface area contributed by atoms with Crippen LogP contribution in [-0.4, -0.2) is 25.1 Å². The van der Waals surface area contributed by atoms with E-state index in [9.17, 15) is 18.3 Å². The fourth-order valence-corrected chi connectivity index (χ4v) is 5.71. The maximum atomic E-state index is 13.6. The molecule has 4 rings (SSSR count). The van der Waals surface area contributed by atoms with Crippen LogP contribution in [0.4, 0.5) is 11.4 Å². The van der Waals surface area contributed by atoms with Crippen molar-refractivity contribution in [2.75, 3.05) is 11.4 Å². The Bertz CT molecular complexity index is 1480. The van der Waals surface area contributed by atoms with E-state index in [1.165, 1.54) is 12.1 Å². The van der Waals surface area contributed by atoms with E-state index in [2.05, 4.69) is 4.98 Å². The van der Waals surface area contributed by atoms with Crippen molar-refractivity contribution in [1.82, 2.24) is 4.98 Å². The van der Waals surface area contributed by atoms with E-state index < -0.39 is 26.0 Å². The summed E-state index contributed by atoms with van der Waals surface area (Å²) in [6.07, 6.45) is 2.17. The van der Waals surface area contributed by atoms with Gasteiger partial charge in [-0.3, -0.25) is 4.79 Å². The van der Waals surface area contributed by atoms with E-state index in [0.29, 0.717) is 24.3 Å². The minimum absolute atomic E-state index is 0.0574. The number of aromatic nitrogens is 1. The highest BCUT2D eigenvalue weighted by molar-refractivity contribution is 7.91. The number of pyridine rings is 1. The van der Waals surface area contributed by atoms with Gasteiger partial charge in [-0.05, 0) is 55.2 Å². The topological polar surface area (TPSA) is 90.5 Å². The van der Waals surface area contributed by atoms with Gasteiger partial charge in [-0.15, -0.1) is 0 Å². The first-order valence-corrected chi connectivity index (χ1v) is 13.6. The Kier molecular flexibility index (Phi) is 7.60. The first kappa shape index (κ1) is 25.3. The van der Waals surface area contributed by atoms with E-state index in [-0.39, 0.29) is 4.90 Å². The number of hydrogen-bond donors (Lipinski definition) is 2. The highest BCUT2D eigenvalue weighted by Gasteiger charge is 2.31. The van der Waals surface area contributed by atoms with Crippen molar-refractivity contribution in [2.24, 2.45) is 0 Å². The zero-order chi connectivity index (χ0) is 25.7. The SMILES string of the molecule is CCCCc1[nH]c(=O)c(S(=O)(=O)c2ccc(-c3ccccc3)cc2)c(O)c1N(CC)c1ccccc1. The van der Waals surface area contributed by atoms with E-state index in [0.717, 1.165) is 29.7 Å². The van der Waals surface area contributed by atoms with Crippen molar-refractivity contribution >= 4 is 21.2 Å². The number of aryl methyl sites for hydroxylation is 1. The second-order valence-electron chi connectivity index (χ2n) is 8.54. The molecule has 2 N–H and O–H groups in total. The molecule has 0 aliphatic rings. The number of nitrogens with one attached hydrogen (secondary N) is 1. The zero-order valence-electron chi connectivity index (χ0n) is 20.4. The number of sulfone groups is 1. The Balaban J connectivity index is 1.86. The molecule has 4 aromatic rings. The smallest absolute Gasteiger partial charge is 0.271 e. The van der Waals surface area contributed by atoms with Crippen molar-refractivity contribution in [3.05, 3.63) is 101 Å². The molecule has 3 aromatic carbocycles. The number of para-hydroxylation sites is 1. The molecule has 0 fully saturated rings. The quantitative estimate of drug-likeness (QED) is 0.289. The maximum absolute atomic E-state index is 13.6. The summed E-state index contributed by atoms with van der Waals surface area (Å²) in [5.41, 5.74) is 2.60. The van der Waals surface area contributed by atoms with Crippen LogP contribution < -0.4 is 10.5 Å². The van der Waals surface area contributed by atoms with Crippen molar-refractivity contribution in [2.45, 2.75) is 42.9 Å². The van der Waals surface area contributed by atoms with Gasteiger partial charge in [0.1, 0.15) is 5.69 Å². The summed E-state index contributed by atoms with van der Waals surface area (Å²) in [7, 11) is -4.30. The number of aromatic amines is 1. The van der Waals surface area contributed by atoms with Gasteiger partial charge in [0.2, 0.25) is 9.84 Å². The van der Waals surface area contributed by atoms with Crippen LogP contribution in [0.3, 0.4) is 0 Å². The van der Waals surface area contributed by atoms with Gasteiger partial charge in [-0.2, -0.15) is 0 Å². The van der Waals surface area contributed by atoms with Crippen LogP contribution >= 0.6 is 0 Å². The van der Waals surface area contributed by atoms with Crippen molar-refractivity contribution < 1.29 is 13.5 Å². The third-order valence-electron chi connectivity index (χ3n) is 6.17. The van der Waals surface area contributed by atoms with Gasteiger partial charge in [0.25, 0.3) is 5.56 Å². The number of benzene rings is 3. The minimum atomic E-state index is -4.30. The average Bonchev–Trinajstić information content (AvgIpc) is 2.90. The van der Waals surface area contributed by atoms with Crippen molar-refractivity contribution in [1.29, 1.82) is 0 Å². The Labute approximate surface area is 211 Å². The molecule has 0 aliphatic heterocycles. The van der Waals surface area contributed by atoms with E-state index in [4.69, 9.17) is 0 Å². The number of nitrogens with zero attached hydrogens (tertiary/aromatic N) is 1. The molecule has 0 radical (unpaired) electrons. The monoisotopic (exact) mass is 502 g/mol. The minimum Gasteiger partial charge on any atom is -0.504 e. The Morgan fingerprint density at radius 3 is 2.00 bits per heavy atom. The van der Waals surface area contributed by atoms with Gasteiger partial charge < -0.3 is 15.0 Å². The summed E-state index contributed by atoms with van der Waals surface area (Å²) in [4.78, 5) is 17.0. The van der Waals surface area contributed by atoms with E-state index in [1.54, 1.807) is 12.1 Å². The fourth-order valence-electron chi connectivity index (χ4n) is 4.34. The van der Waals surface area contributed by atoms with Crippen LogP contribution in [0.2, 0.25) is 0 Å². The molecule has 0 amide bonds. The molecule has 0 atom stereocenters.